The number of anilines is 1. The molecule has 0 aliphatic carbocycles. The van der Waals surface area contributed by atoms with Crippen molar-refractivity contribution in [3.8, 4) is 17.2 Å². The third-order valence-corrected chi connectivity index (χ3v) is 4.49. The van der Waals surface area contributed by atoms with Crippen molar-refractivity contribution in [2.45, 2.75) is 12.8 Å². The first kappa shape index (κ1) is 17.1. The number of methoxy groups -OCH3 is 1. The molecule has 0 bridgehead atoms. The number of fused-ring (bicyclic) bond motifs is 1. The third-order valence-electron chi connectivity index (χ3n) is 4.49. The van der Waals surface area contributed by atoms with E-state index in [1.165, 1.54) is 5.56 Å². The predicted molar refractivity (Wildman–Crippen MR) is 107 cm³/mol. The van der Waals surface area contributed by atoms with Gasteiger partial charge in [0.25, 0.3) is 0 Å². The molecule has 0 aliphatic rings. The molecule has 0 amide bonds. The highest BCUT2D eigenvalue weighted by molar-refractivity contribution is 5.85. The van der Waals surface area contributed by atoms with Gasteiger partial charge in [-0.3, -0.25) is 4.98 Å². The van der Waals surface area contributed by atoms with E-state index in [9.17, 15) is 0 Å². The summed E-state index contributed by atoms with van der Waals surface area (Å²) in [6.07, 6.45) is 7.38. The number of hydrogen-bond acceptors (Lipinski definition) is 5. The fourth-order valence-electron chi connectivity index (χ4n) is 3.00. The number of ether oxygens (including phenoxy) is 1. The Morgan fingerprint density at radius 3 is 2.74 bits per heavy atom. The van der Waals surface area contributed by atoms with Crippen LogP contribution in [0.15, 0.2) is 71.5 Å². The largest absolute Gasteiger partial charge is 0.497 e. The highest BCUT2D eigenvalue weighted by Gasteiger charge is 2.07. The van der Waals surface area contributed by atoms with Crippen LogP contribution < -0.4 is 10.1 Å². The van der Waals surface area contributed by atoms with Crippen molar-refractivity contribution >= 4 is 16.7 Å². The van der Waals surface area contributed by atoms with Gasteiger partial charge in [-0.15, -0.1) is 0 Å². The zero-order valence-electron chi connectivity index (χ0n) is 15.2. The molecule has 0 radical (unpaired) electrons. The molecule has 0 fully saturated rings. The van der Waals surface area contributed by atoms with Crippen LogP contribution in [-0.2, 0) is 6.42 Å². The van der Waals surface area contributed by atoms with Crippen molar-refractivity contribution in [2.75, 3.05) is 19.0 Å². The van der Waals surface area contributed by atoms with E-state index in [4.69, 9.17) is 9.15 Å². The number of nitrogens with zero attached hydrogens (tertiary/aromatic N) is 2. The maximum absolute atomic E-state index is 5.85. The standard InChI is InChI=1S/C22H21N3O2/c1-26-20-8-4-16(5-9-20)3-2-11-24-21-15-25-22(27-21)18-6-7-19-14-23-12-10-17(19)13-18/h4-10,12-15,24H,2-3,11H2,1H3. The summed E-state index contributed by atoms with van der Waals surface area (Å²) in [5, 5.41) is 5.52. The second-order valence-electron chi connectivity index (χ2n) is 6.35. The van der Waals surface area contributed by atoms with Gasteiger partial charge in [-0.1, -0.05) is 18.2 Å². The van der Waals surface area contributed by atoms with Crippen molar-refractivity contribution in [3.05, 3.63) is 72.7 Å². The van der Waals surface area contributed by atoms with Crippen molar-refractivity contribution < 1.29 is 9.15 Å². The van der Waals surface area contributed by atoms with Crippen LogP contribution in [0.2, 0.25) is 0 Å². The first-order valence-electron chi connectivity index (χ1n) is 8.98. The Kier molecular flexibility index (Phi) is 5.01. The summed E-state index contributed by atoms with van der Waals surface area (Å²) in [7, 11) is 1.68. The molecular weight excluding hydrogens is 338 g/mol. The van der Waals surface area contributed by atoms with E-state index in [2.05, 4.69) is 33.5 Å². The number of oxazole rings is 1. The predicted octanol–water partition coefficient (Wildman–Crippen LogP) is 4.94. The number of hydrogen-bond donors (Lipinski definition) is 1. The minimum atomic E-state index is 0.617. The lowest BCUT2D eigenvalue weighted by molar-refractivity contribution is 0.414. The molecule has 2 aromatic heterocycles. The highest BCUT2D eigenvalue weighted by Crippen LogP contribution is 2.25. The smallest absolute Gasteiger partial charge is 0.228 e. The second kappa shape index (κ2) is 7.91. The van der Waals surface area contributed by atoms with Crippen LogP contribution >= 0.6 is 0 Å². The lowest BCUT2D eigenvalue weighted by atomic mass is 10.1. The van der Waals surface area contributed by atoms with Crippen molar-refractivity contribution in [1.82, 2.24) is 9.97 Å². The summed E-state index contributed by atoms with van der Waals surface area (Å²) in [5.74, 6) is 2.19. The molecule has 136 valence electrons. The Balaban J connectivity index is 1.33. The first-order chi connectivity index (χ1) is 13.3. The van der Waals surface area contributed by atoms with E-state index in [0.29, 0.717) is 11.8 Å². The second-order valence-corrected chi connectivity index (χ2v) is 6.35. The highest BCUT2D eigenvalue weighted by atomic mass is 16.5. The molecule has 0 aliphatic heterocycles. The molecule has 0 spiro atoms. The van der Waals surface area contributed by atoms with Crippen LogP contribution in [0.4, 0.5) is 5.88 Å². The van der Waals surface area contributed by atoms with Crippen LogP contribution in [0.3, 0.4) is 0 Å². The molecule has 1 N–H and O–H groups in total. The summed E-state index contributed by atoms with van der Waals surface area (Å²) in [5.41, 5.74) is 2.25. The monoisotopic (exact) mass is 359 g/mol. The summed E-state index contributed by atoms with van der Waals surface area (Å²) in [6.45, 7) is 0.823. The van der Waals surface area contributed by atoms with E-state index in [1.54, 1.807) is 19.5 Å². The average Bonchev–Trinajstić information content (AvgIpc) is 3.20. The molecule has 2 aromatic carbocycles. The zero-order valence-corrected chi connectivity index (χ0v) is 15.2. The number of pyridine rings is 1. The Morgan fingerprint density at radius 2 is 1.89 bits per heavy atom. The van der Waals surface area contributed by atoms with Gasteiger partial charge in [0.15, 0.2) is 0 Å². The van der Waals surface area contributed by atoms with Crippen LogP contribution in [0.25, 0.3) is 22.2 Å². The van der Waals surface area contributed by atoms with E-state index in [1.807, 2.05) is 36.5 Å². The van der Waals surface area contributed by atoms with Gasteiger partial charge in [0.2, 0.25) is 11.8 Å². The molecule has 5 heteroatoms. The molecule has 2 heterocycles. The van der Waals surface area contributed by atoms with Gasteiger partial charge in [0, 0.05) is 29.9 Å². The molecule has 5 nitrogen and oxygen atoms in total. The molecule has 27 heavy (non-hydrogen) atoms. The van der Waals surface area contributed by atoms with E-state index in [-0.39, 0.29) is 0 Å². The lowest BCUT2D eigenvalue weighted by Gasteiger charge is -2.04. The summed E-state index contributed by atoms with van der Waals surface area (Å²) < 4.78 is 11.0. The minimum absolute atomic E-state index is 0.617. The number of aromatic nitrogens is 2. The Bertz CT molecular complexity index is 1030. The van der Waals surface area contributed by atoms with Crippen LogP contribution in [0.1, 0.15) is 12.0 Å². The number of rotatable bonds is 7. The normalized spacial score (nSPS) is 10.9. The number of benzene rings is 2. The van der Waals surface area contributed by atoms with Crippen LogP contribution in [0, 0.1) is 0 Å². The molecule has 0 saturated carbocycles. The Labute approximate surface area is 158 Å². The van der Waals surface area contributed by atoms with E-state index < -0.39 is 0 Å². The summed E-state index contributed by atoms with van der Waals surface area (Å²) in [4.78, 5) is 8.53. The fourth-order valence-corrected chi connectivity index (χ4v) is 3.00. The fraction of sp³-hybridized carbons (Fsp3) is 0.182. The quantitative estimate of drug-likeness (QED) is 0.473. The maximum atomic E-state index is 5.85. The Hall–Kier alpha value is -3.34. The van der Waals surface area contributed by atoms with Gasteiger partial charge < -0.3 is 14.5 Å². The summed E-state index contributed by atoms with van der Waals surface area (Å²) >= 11 is 0. The molecule has 4 aromatic rings. The van der Waals surface area contributed by atoms with Crippen LogP contribution in [0.5, 0.6) is 5.75 Å². The molecule has 0 saturated heterocycles. The third kappa shape index (κ3) is 4.08. The van der Waals surface area contributed by atoms with Gasteiger partial charge in [0.1, 0.15) is 5.75 Å². The molecular formula is C22H21N3O2. The summed E-state index contributed by atoms with van der Waals surface area (Å²) in [6, 6.07) is 16.3. The first-order valence-corrected chi connectivity index (χ1v) is 8.98. The average molecular weight is 359 g/mol. The van der Waals surface area contributed by atoms with E-state index >= 15 is 0 Å². The zero-order chi connectivity index (χ0) is 18.5. The van der Waals surface area contributed by atoms with Gasteiger partial charge >= 0.3 is 0 Å². The van der Waals surface area contributed by atoms with E-state index in [0.717, 1.165) is 41.5 Å². The van der Waals surface area contributed by atoms with Gasteiger partial charge in [0.05, 0.1) is 13.3 Å². The van der Waals surface area contributed by atoms with Crippen LogP contribution in [-0.4, -0.2) is 23.6 Å². The minimum Gasteiger partial charge on any atom is -0.497 e. The Morgan fingerprint density at radius 1 is 1.00 bits per heavy atom. The lowest BCUT2D eigenvalue weighted by Crippen LogP contribution is -2.02. The van der Waals surface area contributed by atoms with Gasteiger partial charge in [-0.25, -0.2) is 4.98 Å². The number of nitrogens with one attached hydrogen (secondary N) is 1. The molecule has 0 unspecified atom stereocenters. The van der Waals surface area contributed by atoms with Crippen molar-refractivity contribution in [2.24, 2.45) is 0 Å². The maximum Gasteiger partial charge on any atom is 0.228 e. The van der Waals surface area contributed by atoms with Crippen molar-refractivity contribution in [3.63, 3.8) is 0 Å². The molecule has 0 atom stereocenters. The SMILES string of the molecule is COc1ccc(CCCNc2cnc(-c3ccc4cnccc4c3)o2)cc1. The van der Waals surface area contributed by atoms with Gasteiger partial charge in [-0.2, -0.15) is 0 Å². The molecule has 4 rings (SSSR count). The topological polar surface area (TPSA) is 60.2 Å². The van der Waals surface area contributed by atoms with Gasteiger partial charge in [-0.05, 0) is 54.1 Å². The number of aryl methyl sites for hydroxylation is 1. The van der Waals surface area contributed by atoms with Crippen molar-refractivity contribution in [1.29, 1.82) is 0 Å².